The Morgan fingerprint density at radius 1 is 0.841 bits per heavy atom. The highest BCUT2D eigenvalue weighted by molar-refractivity contribution is 5.98. The third-order valence-corrected chi connectivity index (χ3v) is 15.5. The van der Waals surface area contributed by atoms with E-state index in [1.165, 1.54) is 99.5 Å². The summed E-state index contributed by atoms with van der Waals surface area (Å²) in [6.45, 7) is 29.9. The Morgan fingerprint density at radius 2 is 1.48 bits per heavy atom. The van der Waals surface area contributed by atoms with E-state index in [-0.39, 0.29) is 32.5 Å². The molecule has 0 radical (unpaired) electrons. The zero-order chi connectivity index (χ0) is 31.9. The van der Waals surface area contributed by atoms with Crippen LogP contribution in [0.25, 0.3) is 0 Å². The van der Waals surface area contributed by atoms with Gasteiger partial charge in [-0.25, -0.2) is 0 Å². The van der Waals surface area contributed by atoms with Crippen LogP contribution in [0.5, 0.6) is 0 Å². The highest BCUT2D eigenvalue weighted by Crippen LogP contribution is 2.74. The van der Waals surface area contributed by atoms with E-state index in [0.29, 0.717) is 23.5 Å². The second-order valence-corrected chi connectivity index (χ2v) is 18.8. The Bertz CT molecular complexity index is 1270. The van der Waals surface area contributed by atoms with Gasteiger partial charge in [0.2, 0.25) is 0 Å². The van der Waals surface area contributed by atoms with E-state index in [1.807, 2.05) is 0 Å². The van der Waals surface area contributed by atoms with Crippen LogP contribution in [0.1, 0.15) is 145 Å². The molecule has 0 saturated heterocycles. The Kier molecular flexibility index (Phi) is 7.90. The van der Waals surface area contributed by atoms with Gasteiger partial charge in [-0.05, 0) is 116 Å². The fourth-order valence-electron chi connectivity index (χ4n) is 12.8. The summed E-state index contributed by atoms with van der Waals surface area (Å²) in [5.41, 5.74) is 5.22. The van der Waals surface area contributed by atoms with Gasteiger partial charge in [0.15, 0.2) is 5.78 Å². The molecule has 0 heterocycles. The first kappa shape index (κ1) is 32.4. The van der Waals surface area contributed by atoms with E-state index in [2.05, 4.69) is 79.4 Å². The van der Waals surface area contributed by atoms with Gasteiger partial charge in [0, 0.05) is 28.5 Å². The van der Waals surface area contributed by atoms with Crippen LogP contribution >= 0.6 is 0 Å². The van der Waals surface area contributed by atoms with E-state index in [9.17, 15) is 0 Å². The SMILES string of the molecule is C=C1C(C)=CC2(C)C3=CC(=O)C4(C)C(CCC5(C(=C)NCC6CCCCCCC6)CCC(C)(C)CC54)C3(C)CCC2C1(C)C. The summed E-state index contributed by atoms with van der Waals surface area (Å²) in [4.78, 5) is 15.0. The lowest BCUT2D eigenvalue weighted by molar-refractivity contribution is -0.167. The molecule has 0 bridgehead atoms. The van der Waals surface area contributed by atoms with Crippen molar-refractivity contribution in [2.24, 2.45) is 56.2 Å². The third kappa shape index (κ3) is 4.64. The van der Waals surface area contributed by atoms with Crippen LogP contribution in [0.3, 0.4) is 0 Å². The average Bonchev–Trinajstić information content (AvgIpc) is 2.92. The molecule has 0 aliphatic heterocycles. The molecular weight excluding hydrogens is 534 g/mol. The first-order valence-electron chi connectivity index (χ1n) is 18.6. The molecule has 0 aromatic rings. The summed E-state index contributed by atoms with van der Waals surface area (Å²) in [6.07, 6.45) is 22.6. The molecule has 6 rings (SSSR count). The number of fused-ring (bicyclic) bond motifs is 7. The molecule has 7 unspecified atom stereocenters. The van der Waals surface area contributed by atoms with Crippen LogP contribution < -0.4 is 5.32 Å². The maximum atomic E-state index is 15.0. The summed E-state index contributed by atoms with van der Waals surface area (Å²) < 4.78 is 0. The molecule has 7 atom stereocenters. The fourth-order valence-corrected chi connectivity index (χ4v) is 12.8. The van der Waals surface area contributed by atoms with E-state index in [0.717, 1.165) is 25.3 Å². The topological polar surface area (TPSA) is 29.1 Å². The van der Waals surface area contributed by atoms with Crippen LogP contribution in [-0.2, 0) is 4.79 Å². The van der Waals surface area contributed by atoms with Gasteiger partial charge in [-0.1, -0.05) is 111 Å². The number of rotatable bonds is 4. The molecular formula is C42H65NO. The number of hydrogen-bond donors (Lipinski definition) is 1. The van der Waals surface area contributed by atoms with Crippen molar-refractivity contribution >= 4 is 5.78 Å². The number of hydrogen-bond acceptors (Lipinski definition) is 2. The van der Waals surface area contributed by atoms with Gasteiger partial charge >= 0.3 is 0 Å². The van der Waals surface area contributed by atoms with E-state index < -0.39 is 0 Å². The standard InChI is InChI=1S/C42H65NO/c1-28-25-40(9)32(38(6,7)29(28)2)18-20-39(8)33-19-21-42(30(3)43-27-31-16-14-12-11-13-15-17-31)23-22-37(4,5)26-35(42)41(33,10)36(44)24-34(39)40/h24-25,31-33,35,43H,2-3,11-23,26-27H2,1,4-10H3. The maximum absolute atomic E-state index is 15.0. The molecule has 4 fully saturated rings. The van der Waals surface area contributed by atoms with Crippen LogP contribution in [-0.4, -0.2) is 12.3 Å². The molecule has 44 heavy (non-hydrogen) atoms. The van der Waals surface area contributed by atoms with E-state index in [1.54, 1.807) is 0 Å². The fraction of sp³-hybridized carbons (Fsp3) is 0.786. The van der Waals surface area contributed by atoms with Crippen molar-refractivity contribution in [1.82, 2.24) is 5.32 Å². The second-order valence-electron chi connectivity index (χ2n) is 18.8. The maximum Gasteiger partial charge on any atom is 0.162 e. The Morgan fingerprint density at radius 3 is 2.16 bits per heavy atom. The monoisotopic (exact) mass is 600 g/mol. The molecule has 0 aromatic carbocycles. The van der Waals surface area contributed by atoms with Crippen molar-refractivity contribution in [2.75, 3.05) is 6.54 Å². The minimum Gasteiger partial charge on any atom is -0.388 e. The van der Waals surface area contributed by atoms with Crippen molar-refractivity contribution in [3.63, 3.8) is 0 Å². The van der Waals surface area contributed by atoms with Crippen LogP contribution in [0.4, 0.5) is 0 Å². The predicted molar refractivity (Wildman–Crippen MR) is 186 cm³/mol. The number of nitrogens with one attached hydrogen (secondary N) is 1. The van der Waals surface area contributed by atoms with Gasteiger partial charge in [-0.15, -0.1) is 0 Å². The number of carbonyl (C=O) groups is 1. The summed E-state index contributed by atoms with van der Waals surface area (Å²) in [6, 6.07) is 0. The smallest absolute Gasteiger partial charge is 0.162 e. The first-order valence-corrected chi connectivity index (χ1v) is 18.6. The highest BCUT2D eigenvalue weighted by Gasteiger charge is 2.69. The lowest BCUT2D eigenvalue weighted by Gasteiger charge is -2.69. The molecule has 6 aliphatic carbocycles. The summed E-state index contributed by atoms with van der Waals surface area (Å²) in [5.74, 6) is 2.38. The van der Waals surface area contributed by atoms with Gasteiger partial charge in [0.25, 0.3) is 0 Å². The molecule has 6 aliphatic rings. The van der Waals surface area contributed by atoms with E-state index in [4.69, 9.17) is 6.58 Å². The van der Waals surface area contributed by atoms with Crippen LogP contribution in [0.15, 0.2) is 47.7 Å². The second kappa shape index (κ2) is 10.7. The van der Waals surface area contributed by atoms with E-state index >= 15 is 4.79 Å². The normalized spacial score (nSPS) is 43.6. The molecule has 0 spiro atoms. The molecule has 2 heteroatoms. The highest BCUT2D eigenvalue weighted by atomic mass is 16.1. The van der Waals surface area contributed by atoms with Crippen molar-refractivity contribution in [3.05, 3.63) is 47.7 Å². The van der Waals surface area contributed by atoms with Crippen molar-refractivity contribution < 1.29 is 4.79 Å². The number of ketones is 1. The lowest BCUT2D eigenvalue weighted by Crippen LogP contribution is -2.65. The summed E-state index contributed by atoms with van der Waals surface area (Å²) >= 11 is 0. The molecule has 244 valence electrons. The molecule has 1 N–H and O–H groups in total. The summed E-state index contributed by atoms with van der Waals surface area (Å²) in [7, 11) is 0. The number of allylic oxidation sites excluding steroid dienone is 6. The zero-order valence-electron chi connectivity index (χ0n) is 29.9. The van der Waals surface area contributed by atoms with Crippen molar-refractivity contribution in [1.29, 1.82) is 0 Å². The minimum absolute atomic E-state index is 0.0158. The molecule has 0 amide bonds. The Labute approximate surface area is 271 Å². The minimum atomic E-state index is -0.352. The van der Waals surface area contributed by atoms with Gasteiger partial charge in [-0.2, -0.15) is 0 Å². The number of carbonyl (C=O) groups excluding carboxylic acids is 1. The average molecular weight is 600 g/mol. The molecule has 0 aromatic heterocycles. The quantitative estimate of drug-likeness (QED) is 0.348. The van der Waals surface area contributed by atoms with Gasteiger partial charge < -0.3 is 5.32 Å². The summed E-state index contributed by atoms with van der Waals surface area (Å²) in [5, 5.41) is 4.00. The van der Waals surface area contributed by atoms with Gasteiger partial charge in [0.05, 0.1) is 0 Å². The first-order chi connectivity index (χ1) is 20.5. The van der Waals surface area contributed by atoms with Crippen LogP contribution in [0.2, 0.25) is 0 Å². The third-order valence-electron chi connectivity index (χ3n) is 15.5. The largest absolute Gasteiger partial charge is 0.388 e. The molecule has 4 saturated carbocycles. The Balaban J connectivity index is 1.37. The lowest BCUT2D eigenvalue weighted by atomic mass is 9.34. The van der Waals surface area contributed by atoms with Crippen molar-refractivity contribution in [2.45, 2.75) is 145 Å². The Hall–Kier alpha value is -1.57. The van der Waals surface area contributed by atoms with Crippen molar-refractivity contribution in [3.8, 4) is 0 Å². The van der Waals surface area contributed by atoms with Crippen LogP contribution in [0, 0.1) is 56.2 Å². The van der Waals surface area contributed by atoms with Gasteiger partial charge in [-0.3, -0.25) is 4.79 Å². The molecule has 2 nitrogen and oxygen atoms in total. The van der Waals surface area contributed by atoms with Gasteiger partial charge in [0.1, 0.15) is 0 Å². The predicted octanol–water partition coefficient (Wildman–Crippen LogP) is 11.2. The zero-order valence-corrected chi connectivity index (χ0v) is 29.9.